The van der Waals surface area contributed by atoms with Crippen molar-refractivity contribution in [3.63, 3.8) is 0 Å². The molecule has 0 amide bonds. The van der Waals surface area contributed by atoms with E-state index in [1.54, 1.807) is 0 Å². The van der Waals surface area contributed by atoms with Gasteiger partial charge < -0.3 is 5.11 Å². The van der Waals surface area contributed by atoms with Crippen molar-refractivity contribution in [2.75, 3.05) is 6.54 Å². The van der Waals surface area contributed by atoms with E-state index >= 15 is 0 Å². The molecule has 1 aliphatic heterocycles. The normalized spacial score (nSPS) is 24.2. The van der Waals surface area contributed by atoms with Gasteiger partial charge in [-0.05, 0) is 17.7 Å². The number of carboxylic acid groups (broad SMARTS) is 1. The van der Waals surface area contributed by atoms with Crippen molar-refractivity contribution in [2.24, 2.45) is 0 Å². The maximum atomic E-state index is 12.7. The molecule has 1 unspecified atom stereocenters. The third kappa shape index (κ3) is 1.55. The molecule has 1 aliphatic rings. The van der Waals surface area contributed by atoms with Gasteiger partial charge in [0.15, 0.2) is 5.54 Å². The van der Waals surface area contributed by atoms with Crippen LogP contribution in [0.15, 0.2) is 24.3 Å². The molecular weight excluding hydrogens is 223 g/mol. The molecule has 0 aliphatic carbocycles. The number of carbonyl (C=O) groups is 1. The Morgan fingerprint density at radius 2 is 1.81 bits per heavy atom. The first-order valence-electron chi connectivity index (χ1n) is 4.52. The smallest absolute Gasteiger partial charge is 0.412 e. The Labute approximate surface area is 88.9 Å². The number of carboxylic acids is 1. The van der Waals surface area contributed by atoms with Gasteiger partial charge in [0.2, 0.25) is 0 Å². The average molecular weight is 231 g/mol. The summed E-state index contributed by atoms with van der Waals surface area (Å²) in [5, 5.41) is 10.9. The first-order chi connectivity index (χ1) is 7.37. The van der Waals surface area contributed by atoms with Crippen LogP contribution in [-0.4, -0.2) is 23.8 Å². The number of hydrogen-bond acceptors (Lipinski definition) is 2. The number of hydrogen-bond donors (Lipinski definition) is 2. The Kier molecular flexibility index (Phi) is 2.20. The number of benzene rings is 1. The lowest BCUT2D eigenvalue weighted by Gasteiger charge is -2.17. The van der Waals surface area contributed by atoms with Gasteiger partial charge in [-0.15, -0.1) is 0 Å². The van der Waals surface area contributed by atoms with Crippen molar-refractivity contribution >= 4 is 5.97 Å². The van der Waals surface area contributed by atoms with Crippen LogP contribution in [0.5, 0.6) is 0 Å². The van der Waals surface area contributed by atoms with Crippen molar-refractivity contribution in [1.29, 1.82) is 0 Å². The predicted octanol–water partition coefficient (Wildman–Crippen LogP) is 1.75. The summed E-state index contributed by atoms with van der Waals surface area (Å²) in [5.41, 5.74) is -1.96. The second-order valence-electron chi connectivity index (χ2n) is 3.64. The minimum atomic E-state index is -4.36. The monoisotopic (exact) mass is 231 g/mol. The molecule has 1 aromatic rings. The fourth-order valence-corrected chi connectivity index (χ4v) is 1.55. The van der Waals surface area contributed by atoms with E-state index in [0.29, 0.717) is 0 Å². The molecule has 1 atom stereocenters. The van der Waals surface area contributed by atoms with Gasteiger partial charge >= 0.3 is 12.1 Å². The first kappa shape index (κ1) is 10.9. The van der Waals surface area contributed by atoms with Gasteiger partial charge in [-0.1, -0.05) is 12.1 Å². The van der Waals surface area contributed by atoms with Gasteiger partial charge in [0.05, 0.1) is 5.56 Å². The van der Waals surface area contributed by atoms with Crippen molar-refractivity contribution in [1.82, 2.24) is 5.32 Å². The molecule has 1 fully saturated rings. The Bertz CT molecular complexity index is 421. The summed E-state index contributed by atoms with van der Waals surface area (Å²) in [4.78, 5) is 10.5. The van der Waals surface area contributed by atoms with Crippen LogP contribution in [-0.2, 0) is 5.54 Å². The van der Waals surface area contributed by atoms with Crippen LogP contribution in [0.1, 0.15) is 15.9 Å². The van der Waals surface area contributed by atoms with Gasteiger partial charge in [0, 0.05) is 6.54 Å². The highest BCUT2D eigenvalue weighted by atomic mass is 19.4. The Balaban J connectivity index is 2.33. The standard InChI is InChI=1S/C10H8F3NO2/c11-10(12,13)9(5-14-9)7-3-1-6(2-4-7)8(15)16/h1-4,14H,5H2,(H,15,16). The minimum absolute atomic E-state index is 0.0262. The third-order valence-corrected chi connectivity index (χ3v) is 2.64. The Morgan fingerprint density at radius 1 is 1.31 bits per heavy atom. The lowest BCUT2D eigenvalue weighted by atomic mass is 9.97. The quantitative estimate of drug-likeness (QED) is 0.762. The van der Waals surface area contributed by atoms with E-state index in [1.807, 2.05) is 0 Å². The van der Waals surface area contributed by atoms with Gasteiger partial charge in [-0.25, -0.2) is 4.79 Å². The number of alkyl halides is 3. The predicted molar refractivity (Wildman–Crippen MR) is 49.1 cm³/mol. The molecular formula is C10H8F3NO2. The summed E-state index contributed by atoms with van der Waals surface area (Å²) < 4.78 is 38.0. The second kappa shape index (κ2) is 3.21. The zero-order chi connectivity index (χ0) is 12.0. The molecule has 0 saturated carbocycles. The van der Waals surface area contributed by atoms with E-state index in [4.69, 9.17) is 5.11 Å². The van der Waals surface area contributed by atoms with Crippen LogP contribution >= 0.6 is 0 Å². The second-order valence-corrected chi connectivity index (χ2v) is 3.64. The Hall–Kier alpha value is -1.56. The van der Waals surface area contributed by atoms with Crippen molar-refractivity contribution in [3.05, 3.63) is 35.4 Å². The summed E-state index contributed by atoms with van der Waals surface area (Å²) >= 11 is 0. The van der Waals surface area contributed by atoms with Gasteiger partial charge in [-0.2, -0.15) is 13.2 Å². The van der Waals surface area contributed by atoms with Crippen molar-refractivity contribution < 1.29 is 23.1 Å². The highest BCUT2D eigenvalue weighted by Gasteiger charge is 2.64. The van der Waals surface area contributed by atoms with Gasteiger partial charge in [-0.3, -0.25) is 5.32 Å². The molecule has 1 saturated heterocycles. The number of nitrogens with one attached hydrogen (secondary N) is 1. The fraction of sp³-hybridized carbons (Fsp3) is 0.300. The fourth-order valence-electron chi connectivity index (χ4n) is 1.55. The zero-order valence-corrected chi connectivity index (χ0v) is 8.01. The van der Waals surface area contributed by atoms with Crippen molar-refractivity contribution in [2.45, 2.75) is 11.7 Å². The summed E-state index contributed by atoms with van der Waals surface area (Å²) in [6, 6.07) is 4.73. The lowest BCUT2D eigenvalue weighted by Crippen LogP contribution is -2.33. The van der Waals surface area contributed by atoms with Gasteiger partial charge in [0.25, 0.3) is 0 Å². The maximum Gasteiger partial charge on any atom is 0.412 e. The van der Waals surface area contributed by atoms with Crippen LogP contribution in [0.3, 0.4) is 0 Å². The minimum Gasteiger partial charge on any atom is -0.478 e. The van der Waals surface area contributed by atoms with Crippen LogP contribution < -0.4 is 5.32 Å². The van der Waals surface area contributed by atoms with Crippen LogP contribution in [0, 0.1) is 0 Å². The summed E-state index contributed by atoms with van der Waals surface area (Å²) in [6.45, 7) is -0.164. The molecule has 0 radical (unpaired) electrons. The molecule has 3 nitrogen and oxygen atoms in total. The summed E-state index contributed by atoms with van der Waals surface area (Å²) in [7, 11) is 0. The van der Waals surface area contributed by atoms with E-state index in [0.717, 1.165) is 0 Å². The zero-order valence-electron chi connectivity index (χ0n) is 8.01. The number of halogens is 3. The highest BCUT2D eigenvalue weighted by Crippen LogP contribution is 2.45. The first-order valence-corrected chi connectivity index (χ1v) is 4.52. The number of rotatable bonds is 2. The van der Waals surface area contributed by atoms with E-state index in [-0.39, 0.29) is 17.7 Å². The topological polar surface area (TPSA) is 59.2 Å². The molecule has 0 spiro atoms. The summed E-state index contributed by atoms with van der Waals surface area (Å²) in [6.07, 6.45) is -4.36. The average Bonchev–Trinajstić information content (AvgIpc) is 2.97. The Morgan fingerprint density at radius 3 is 2.12 bits per heavy atom. The van der Waals surface area contributed by atoms with Crippen LogP contribution in [0.4, 0.5) is 13.2 Å². The molecule has 0 bridgehead atoms. The molecule has 86 valence electrons. The molecule has 0 aromatic heterocycles. The maximum absolute atomic E-state index is 12.7. The SMILES string of the molecule is O=C(O)c1ccc(C2(C(F)(F)F)CN2)cc1. The molecule has 1 aromatic carbocycles. The molecule has 6 heteroatoms. The molecule has 2 rings (SSSR count). The largest absolute Gasteiger partial charge is 0.478 e. The molecule has 2 N–H and O–H groups in total. The van der Waals surface area contributed by atoms with Crippen LogP contribution in [0.25, 0.3) is 0 Å². The molecule has 16 heavy (non-hydrogen) atoms. The van der Waals surface area contributed by atoms with Crippen LogP contribution in [0.2, 0.25) is 0 Å². The van der Waals surface area contributed by atoms with E-state index in [2.05, 4.69) is 5.32 Å². The van der Waals surface area contributed by atoms with E-state index in [9.17, 15) is 18.0 Å². The number of aromatic carboxylic acids is 1. The lowest BCUT2D eigenvalue weighted by molar-refractivity contribution is -0.161. The van der Waals surface area contributed by atoms with Gasteiger partial charge in [0.1, 0.15) is 0 Å². The van der Waals surface area contributed by atoms with E-state index in [1.165, 1.54) is 24.3 Å². The molecule has 1 heterocycles. The highest BCUT2D eigenvalue weighted by molar-refractivity contribution is 5.87. The van der Waals surface area contributed by atoms with Crippen molar-refractivity contribution in [3.8, 4) is 0 Å². The third-order valence-electron chi connectivity index (χ3n) is 2.64. The van der Waals surface area contributed by atoms with E-state index < -0.39 is 17.7 Å². The summed E-state index contributed by atoms with van der Waals surface area (Å²) in [5.74, 6) is -1.16.